The lowest BCUT2D eigenvalue weighted by Gasteiger charge is -2.60. The molecule has 340 valence electrons. The van der Waals surface area contributed by atoms with E-state index >= 15 is 0 Å². The van der Waals surface area contributed by atoms with Gasteiger partial charge in [-0.05, 0) is 96.9 Å². The van der Waals surface area contributed by atoms with Crippen molar-refractivity contribution in [2.45, 2.75) is 103 Å². The van der Waals surface area contributed by atoms with Gasteiger partial charge in [-0.15, -0.1) is 6.58 Å². The predicted octanol–water partition coefficient (Wildman–Crippen LogP) is 10.0. The normalized spacial score (nSPS) is 23.1. The molecule has 0 saturated heterocycles. The Kier molecular flexibility index (Phi) is 16.5. The summed E-state index contributed by atoms with van der Waals surface area (Å²) in [4.78, 5) is 34.4. The molecule has 12 nitrogen and oxygen atoms in total. The van der Waals surface area contributed by atoms with Gasteiger partial charge in [0.15, 0.2) is 6.29 Å². The topological polar surface area (TPSA) is 146 Å². The number of aliphatic hydroxyl groups is 2. The molecule has 1 fully saturated rings. The molecular weight excluding hydrogens is 801 g/mol. The number of fused-ring (bicyclic) bond motifs is 2. The minimum Gasteiger partial charge on any atom is -0.496 e. The Morgan fingerprint density at radius 2 is 1.73 bits per heavy atom. The second-order valence-electron chi connectivity index (χ2n) is 18.0. The van der Waals surface area contributed by atoms with E-state index in [0.29, 0.717) is 60.1 Å². The van der Waals surface area contributed by atoms with Crippen molar-refractivity contribution in [1.82, 2.24) is 4.90 Å². The summed E-state index contributed by atoms with van der Waals surface area (Å²) in [5.41, 5.74) is 3.61. The minimum atomic E-state index is -1.42. The van der Waals surface area contributed by atoms with Crippen molar-refractivity contribution in [3.63, 3.8) is 0 Å². The Labute approximate surface area is 372 Å². The van der Waals surface area contributed by atoms with E-state index in [1.807, 2.05) is 76.2 Å². The molecule has 3 aliphatic rings. The van der Waals surface area contributed by atoms with Gasteiger partial charge in [0.1, 0.15) is 35.6 Å². The van der Waals surface area contributed by atoms with E-state index in [0.717, 1.165) is 48.7 Å². The third kappa shape index (κ3) is 11.1. The van der Waals surface area contributed by atoms with Crippen molar-refractivity contribution < 1.29 is 48.3 Å². The van der Waals surface area contributed by atoms with Crippen LogP contribution in [0, 0.1) is 23.2 Å². The lowest BCUT2D eigenvalue weighted by atomic mass is 9.55. The van der Waals surface area contributed by atoms with E-state index in [2.05, 4.69) is 12.7 Å². The van der Waals surface area contributed by atoms with Gasteiger partial charge in [-0.3, -0.25) is 9.69 Å². The number of rotatable bonds is 22. The summed E-state index contributed by atoms with van der Waals surface area (Å²) in [7, 11) is 1.52. The number of aliphatic hydroxyl groups excluding tert-OH is 2. The van der Waals surface area contributed by atoms with E-state index < -0.39 is 23.8 Å². The Morgan fingerprint density at radius 3 is 2.41 bits per heavy atom. The number of aldehydes is 1. The summed E-state index contributed by atoms with van der Waals surface area (Å²) in [6.07, 6.45) is 9.71. The number of oxime groups is 1. The second-order valence-corrected chi connectivity index (χ2v) is 18.0. The Bertz CT molecular complexity index is 2060. The van der Waals surface area contributed by atoms with Gasteiger partial charge in [-0.25, -0.2) is 4.79 Å². The number of allylic oxidation sites excluding steroid dienone is 1. The third-order valence-corrected chi connectivity index (χ3v) is 12.2. The number of carbonyl (C=O) groups is 2. The highest BCUT2D eigenvalue weighted by Crippen LogP contribution is 2.62. The van der Waals surface area contributed by atoms with E-state index in [9.17, 15) is 19.8 Å². The van der Waals surface area contributed by atoms with Crippen molar-refractivity contribution in [3.8, 4) is 23.0 Å². The third-order valence-electron chi connectivity index (χ3n) is 12.2. The van der Waals surface area contributed by atoms with Crippen molar-refractivity contribution in [2.75, 3.05) is 40.1 Å². The molecule has 6 atom stereocenters. The van der Waals surface area contributed by atoms with E-state index in [4.69, 9.17) is 33.7 Å². The summed E-state index contributed by atoms with van der Waals surface area (Å²) in [5, 5.41) is 24.9. The summed E-state index contributed by atoms with van der Waals surface area (Å²) < 4.78 is 32.4. The maximum absolute atomic E-state index is 14.5. The molecule has 3 aromatic carbocycles. The smallest absolute Gasteiger partial charge is 0.410 e. The monoisotopic (exact) mass is 866 g/mol. The van der Waals surface area contributed by atoms with Crippen LogP contribution in [0.1, 0.15) is 106 Å². The molecule has 3 aromatic rings. The lowest BCUT2D eigenvalue weighted by molar-refractivity contribution is -0.255. The molecule has 6 rings (SSSR count). The van der Waals surface area contributed by atoms with Crippen molar-refractivity contribution in [3.05, 3.63) is 108 Å². The van der Waals surface area contributed by atoms with Gasteiger partial charge >= 0.3 is 6.09 Å². The molecule has 0 aromatic heterocycles. The number of amides is 1. The fraction of sp³-hybridized carbons (Fsp3) is 0.510. The molecule has 0 spiro atoms. The zero-order valence-corrected chi connectivity index (χ0v) is 37.6. The summed E-state index contributed by atoms with van der Waals surface area (Å²) in [6.45, 7) is 13.3. The Hall–Kier alpha value is -5.17. The number of hydrogen-bond acceptors (Lipinski definition) is 11. The molecule has 6 unspecified atom stereocenters. The van der Waals surface area contributed by atoms with Gasteiger partial charge in [0, 0.05) is 37.7 Å². The highest BCUT2D eigenvalue weighted by Gasteiger charge is 2.65. The fourth-order valence-electron chi connectivity index (χ4n) is 9.45. The average Bonchev–Trinajstić information content (AvgIpc) is 3.28. The van der Waals surface area contributed by atoms with Crippen LogP contribution in [0.5, 0.6) is 23.0 Å². The van der Waals surface area contributed by atoms with E-state index in [-0.39, 0.29) is 62.6 Å². The van der Waals surface area contributed by atoms with Crippen LogP contribution in [0.25, 0.3) is 0 Å². The van der Waals surface area contributed by atoms with Crippen molar-refractivity contribution >= 4 is 18.1 Å². The van der Waals surface area contributed by atoms with Gasteiger partial charge in [0.2, 0.25) is 5.79 Å². The van der Waals surface area contributed by atoms with Gasteiger partial charge < -0.3 is 38.7 Å². The minimum absolute atomic E-state index is 0.0222. The fourth-order valence-corrected chi connectivity index (χ4v) is 9.45. The van der Waals surface area contributed by atoms with Gasteiger partial charge in [0.25, 0.3) is 0 Å². The second kappa shape index (κ2) is 22.0. The molecule has 2 N–H and O–H groups in total. The van der Waals surface area contributed by atoms with Crippen LogP contribution in [-0.2, 0) is 20.9 Å². The molecule has 1 saturated carbocycles. The molecule has 0 radical (unpaired) electrons. The first kappa shape index (κ1) is 47.3. The first-order valence-electron chi connectivity index (χ1n) is 22.5. The number of ether oxygens (including phenoxy) is 5. The number of carbonyl (C=O) groups excluding carboxylic acids is 2. The quantitative estimate of drug-likeness (QED) is 0.0433. The summed E-state index contributed by atoms with van der Waals surface area (Å²) >= 11 is 0. The number of methoxy groups -OCH3 is 1. The average molecular weight is 867 g/mol. The van der Waals surface area contributed by atoms with Crippen LogP contribution in [0.15, 0.2) is 96.2 Å². The van der Waals surface area contributed by atoms with Crippen LogP contribution in [0.4, 0.5) is 4.79 Å². The number of benzene rings is 3. The largest absolute Gasteiger partial charge is 0.496 e. The molecule has 12 heteroatoms. The van der Waals surface area contributed by atoms with Gasteiger partial charge in [-0.2, -0.15) is 0 Å². The van der Waals surface area contributed by atoms with Crippen LogP contribution in [0.2, 0.25) is 0 Å². The Morgan fingerprint density at radius 1 is 1.00 bits per heavy atom. The summed E-state index contributed by atoms with van der Waals surface area (Å²) in [6, 6.07) is 20.0. The molecule has 2 aliphatic carbocycles. The number of hydrogen-bond donors (Lipinski definition) is 2. The maximum Gasteiger partial charge on any atom is 0.410 e. The lowest BCUT2D eigenvalue weighted by Crippen LogP contribution is -2.70. The first-order valence-corrected chi connectivity index (χ1v) is 22.5. The first-order chi connectivity index (χ1) is 30.5. The SMILES string of the molecule is C=CCOC12Oc3ccc(Oc4ccc(OC)c(C=O)c4)cc3C3C(CCCCO)C(CCCCO)C=C(C(=NOCc4ccccc4)CC1N(CCC)C(=O)OCC(C)(C)C)C32. The van der Waals surface area contributed by atoms with Crippen molar-refractivity contribution in [1.29, 1.82) is 0 Å². The predicted molar refractivity (Wildman–Crippen MR) is 242 cm³/mol. The van der Waals surface area contributed by atoms with E-state index in [1.165, 1.54) is 7.11 Å². The van der Waals surface area contributed by atoms with Crippen LogP contribution in [-0.4, -0.2) is 85.1 Å². The van der Waals surface area contributed by atoms with Crippen LogP contribution in [0.3, 0.4) is 0 Å². The van der Waals surface area contributed by atoms with E-state index in [1.54, 1.807) is 29.2 Å². The standard InChI is InChI=1S/C51H66N2O10/c1-7-24-53(49(57)59-34-50(3,4)5)46-31-43(52-61-33-35-16-10-9-11-17-35)41-29-36(18-12-14-25-54)40(19-13-15-26-55)47-42-30-39(62-38-20-22-44(58-6)37(28-38)32-56)21-23-45(42)63-51(46,48(41)47)60-27-8-2/h8-11,16-17,20-23,28-30,32,36,40,46-48,54-55H,2,7,12-15,18-19,24-27,31,33-34H2,1,3-6H3. The molecule has 63 heavy (non-hydrogen) atoms. The van der Waals surface area contributed by atoms with Gasteiger partial charge in [-0.1, -0.05) is 88.2 Å². The highest BCUT2D eigenvalue weighted by molar-refractivity contribution is 6.03. The molecule has 0 bridgehead atoms. The van der Waals surface area contributed by atoms with Crippen LogP contribution >= 0.6 is 0 Å². The van der Waals surface area contributed by atoms with Crippen molar-refractivity contribution in [2.24, 2.45) is 28.3 Å². The molecule has 1 amide bonds. The molecule has 1 aliphatic heterocycles. The number of unbranched alkanes of at least 4 members (excludes halogenated alkanes) is 2. The molecular formula is C51H66N2O10. The highest BCUT2D eigenvalue weighted by atomic mass is 16.7. The summed E-state index contributed by atoms with van der Waals surface area (Å²) in [5.74, 6) is -0.0337. The molecule has 1 heterocycles. The van der Waals surface area contributed by atoms with Gasteiger partial charge in [0.05, 0.1) is 37.5 Å². The zero-order chi connectivity index (χ0) is 45.0. The maximum atomic E-state index is 14.5. The van der Waals surface area contributed by atoms with Crippen LogP contribution < -0.4 is 14.2 Å². The zero-order valence-electron chi connectivity index (χ0n) is 37.6. The Balaban J connectivity index is 1.58. The number of nitrogens with zero attached hydrogens (tertiary/aromatic N) is 2.